The summed E-state index contributed by atoms with van der Waals surface area (Å²) in [5.41, 5.74) is 3.08. The molecule has 9 rings (SSSR count). The summed E-state index contributed by atoms with van der Waals surface area (Å²) >= 11 is 0. The first-order valence-corrected chi connectivity index (χ1v) is 18.6. The molecule has 0 unspecified atom stereocenters. The summed E-state index contributed by atoms with van der Waals surface area (Å²) in [7, 11) is 0. The van der Waals surface area contributed by atoms with Crippen molar-refractivity contribution >= 4 is 5.97 Å². The van der Waals surface area contributed by atoms with Crippen molar-refractivity contribution in [3.63, 3.8) is 0 Å². The zero-order chi connectivity index (χ0) is 32.2. The SMILES string of the molecule is C[C@H]1[C@@H](O[C@H]2CC[C@@]3(C)C(=CC=C4[C@@H]5CC[C@H]([C@H](C)/C=C/C(=O)O)[C@@]5(C)CC[C@@H]43)C2)O[C@@H]2O[C@]3(C)CC[C@H]4[C@H](C)CC[C@@H]1[C@@]24OO3. The molecule has 0 aromatic rings. The van der Waals surface area contributed by atoms with Crippen molar-refractivity contribution in [3.8, 4) is 0 Å². The lowest BCUT2D eigenvalue weighted by atomic mass is 9.50. The van der Waals surface area contributed by atoms with Gasteiger partial charge in [-0.25, -0.2) is 14.6 Å². The van der Waals surface area contributed by atoms with Crippen molar-refractivity contribution < 1.29 is 33.9 Å². The van der Waals surface area contributed by atoms with Gasteiger partial charge in [0.15, 0.2) is 18.2 Å². The number of hydrogen-bond donors (Lipinski definition) is 1. The maximum absolute atomic E-state index is 11.2. The fourth-order valence-corrected chi connectivity index (χ4v) is 12.6. The molecule has 2 bridgehead atoms. The quantitative estimate of drug-likeness (QED) is 0.240. The lowest BCUT2D eigenvalue weighted by molar-refractivity contribution is -0.578. The molecule has 1 spiro atoms. The van der Waals surface area contributed by atoms with Crippen LogP contribution < -0.4 is 0 Å². The van der Waals surface area contributed by atoms with E-state index in [0.29, 0.717) is 29.6 Å². The molecule has 0 aromatic carbocycles. The van der Waals surface area contributed by atoms with Crippen LogP contribution in [0.15, 0.2) is 35.5 Å². The lowest BCUT2D eigenvalue weighted by Crippen LogP contribution is -2.70. The Labute approximate surface area is 275 Å². The van der Waals surface area contributed by atoms with Crippen molar-refractivity contribution in [2.45, 2.75) is 142 Å². The number of hydrogen-bond acceptors (Lipinski definition) is 6. The van der Waals surface area contributed by atoms with Crippen LogP contribution in [0, 0.1) is 58.2 Å². The molecule has 1 N–H and O–H groups in total. The first kappa shape index (κ1) is 31.7. The molecule has 4 saturated heterocycles. The van der Waals surface area contributed by atoms with Crippen molar-refractivity contribution in [1.82, 2.24) is 0 Å². The molecule has 9 aliphatic rings. The first-order valence-electron chi connectivity index (χ1n) is 18.6. The fraction of sp³-hybridized carbons (Fsp3) is 0.821. The standard InChI is InChI=1S/C39H56O7/c1-22(8-14-33(40)41)28-12-13-31-27-10-9-25-21-26(15-18-36(25,4)32(27)16-19-37(28,31)5)42-34-24(3)30-11-7-23(2)29-17-20-38(6)44-35(43-34)39(29,30)46-45-38/h8-10,14,22-24,26,28-32,34-35H,7,11-13,15-21H2,1-6H3,(H,40,41)/b14-8+/t22-,23-,24-,26+,28-,29+,30+,31+,32+,34+,35-,36+,37-,38+,39-/m1/s1. The van der Waals surface area contributed by atoms with Crippen LogP contribution in [0.4, 0.5) is 0 Å². The fourth-order valence-electron chi connectivity index (χ4n) is 12.6. The van der Waals surface area contributed by atoms with Crippen LogP contribution in [0.3, 0.4) is 0 Å². The summed E-state index contributed by atoms with van der Waals surface area (Å²) in [6.07, 6.45) is 19.7. The summed E-state index contributed by atoms with van der Waals surface area (Å²) in [5, 5.41) is 9.22. The Hall–Kier alpha value is -1.51. The summed E-state index contributed by atoms with van der Waals surface area (Å²) in [5.74, 6) is 1.78. The molecular formula is C39H56O7. The van der Waals surface area contributed by atoms with E-state index in [1.807, 2.05) is 13.0 Å². The second kappa shape index (κ2) is 11.0. The number of aliphatic carboxylic acids is 1. The number of carbonyl (C=O) groups is 1. The molecule has 0 radical (unpaired) electrons. The van der Waals surface area contributed by atoms with E-state index in [1.165, 1.54) is 38.2 Å². The van der Waals surface area contributed by atoms with Crippen LogP contribution >= 0.6 is 0 Å². The van der Waals surface area contributed by atoms with Gasteiger partial charge >= 0.3 is 5.97 Å². The second-order valence-electron chi connectivity index (χ2n) is 17.4. The molecule has 8 fully saturated rings. The van der Waals surface area contributed by atoms with Gasteiger partial charge in [0.1, 0.15) is 0 Å². The largest absolute Gasteiger partial charge is 0.478 e. The molecule has 4 saturated carbocycles. The second-order valence-corrected chi connectivity index (χ2v) is 17.4. The maximum Gasteiger partial charge on any atom is 0.327 e. The highest BCUT2D eigenvalue weighted by atomic mass is 17.3. The lowest BCUT2D eigenvalue weighted by Gasteiger charge is -2.60. The van der Waals surface area contributed by atoms with Gasteiger partial charge in [-0.1, -0.05) is 64.0 Å². The Morgan fingerprint density at radius 1 is 0.957 bits per heavy atom. The zero-order valence-corrected chi connectivity index (χ0v) is 28.8. The smallest absolute Gasteiger partial charge is 0.327 e. The highest BCUT2D eigenvalue weighted by Crippen LogP contribution is 2.66. The number of allylic oxidation sites excluding steroid dienone is 4. The molecule has 0 amide bonds. The van der Waals surface area contributed by atoms with Crippen molar-refractivity contribution in [1.29, 1.82) is 0 Å². The Bertz CT molecular complexity index is 1340. The van der Waals surface area contributed by atoms with E-state index in [-0.39, 0.29) is 41.0 Å². The highest BCUT2D eigenvalue weighted by Gasteiger charge is 2.70. The summed E-state index contributed by atoms with van der Waals surface area (Å²) in [6, 6.07) is 0. The number of carboxylic acids is 1. The highest BCUT2D eigenvalue weighted by molar-refractivity contribution is 5.79. The van der Waals surface area contributed by atoms with Crippen molar-refractivity contribution in [2.75, 3.05) is 0 Å². The van der Waals surface area contributed by atoms with E-state index in [1.54, 1.807) is 11.1 Å². The van der Waals surface area contributed by atoms with Crippen LogP contribution in [-0.4, -0.2) is 41.1 Å². The van der Waals surface area contributed by atoms with Gasteiger partial charge in [-0.15, -0.1) is 0 Å². The molecule has 4 aliphatic heterocycles. The molecular weight excluding hydrogens is 580 g/mol. The summed E-state index contributed by atoms with van der Waals surface area (Å²) in [4.78, 5) is 23.6. The Morgan fingerprint density at radius 3 is 2.59 bits per heavy atom. The van der Waals surface area contributed by atoms with Crippen LogP contribution in [0.25, 0.3) is 0 Å². The van der Waals surface area contributed by atoms with Gasteiger partial charge in [0.2, 0.25) is 5.79 Å². The van der Waals surface area contributed by atoms with E-state index >= 15 is 0 Å². The van der Waals surface area contributed by atoms with Gasteiger partial charge in [-0.3, -0.25) is 0 Å². The monoisotopic (exact) mass is 636 g/mol. The van der Waals surface area contributed by atoms with E-state index in [9.17, 15) is 9.90 Å². The predicted octanol–water partition coefficient (Wildman–Crippen LogP) is 8.36. The Kier molecular flexibility index (Phi) is 7.59. The first-order chi connectivity index (χ1) is 21.9. The number of ether oxygens (including phenoxy) is 3. The Morgan fingerprint density at radius 2 is 1.78 bits per heavy atom. The molecule has 5 aliphatic carbocycles. The predicted molar refractivity (Wildman–Crippen MR) is 173 cm³/mol. The van der Waals surface area contributed by atoms with Gasteiger partial charge in [-0.2, -0.15) is 0 Å². The number of carboxylic acid groups (broad SMARTS) is 1. The van der Waals surface area contributed by atoms with Gasteiger partial charge in [0.25, 0.3) is 0 Å². The zero-order valence-electron chi connectivity index (χ0n) is 28.8. The number of rotatable bonds is 5. The minimum atomic E-state index is -0.844. The molecule has 4 heterocycles. The summed E-state index contributed by atoms with van der Waals surface area (Å²) < 4.78 is 20.4. The normalized spacial score (nSPS) is 53.3. The van der Waals surface area contributed by atoms with E-state index in [0.717, 1.165) is 38.5 Å². The van der Waals surface area contributed by atoms with Gasteiger partial charge < -0.3 is 19.3 Å². The van der Waals surface area contributed by atoms with Crippen LogP contribution in [0.5, 0.6) is 0 Å². The molecule has 0 aromatic heterocycles. The van der Waals surface area contributed by atoms with Gasteiger partial charge in [-0.05, 0) is 117 Å². The third-order valence-electron chi connectivity index (χ3n) is 15.2. The van der Waals surface area contributed by atoms with Crippen LogP contribution in [0.1, 0.15) is 112 Å². The minimum Gasteiger partial charge on any atom is -0.478 e. The summed E-state index contributed by atoms with van der Waals surface area (Å²) in [6.45, 7) is 13.9. The molecule has 7 nitrogen and oxygen atoms in total. The van der Waals surface area contributed by atoms with Gasteiger partial charge in [0.05, 0.1) is 6.10 Å². The third-order valence-corrected chi connectivity index (χ3v) is 15.2. The molecule has 7 heteroatoms. The van der Waals surface area contributed by atoms with E-state index in [2.05, 4.69) is 46.8 Å². The van der Waals surface area contributed by atoms with Gasteiger partial charge in [0, 0.05) is 24.3 Å². The Balaban J connectivity index is 0.996. The average molecular weight is 637 g/mol. The van der Waals surface area contributed by atoms with E-state index < -0.39 is 23.6 Å². The van der Waals surface area contributed by atoms with E-state index in [4.69, 9.17) is 24.0 Å². The topological polar surface area (TPSA) is 83.5 Å². The van der Waals surface area contributed by atoms with Crippen molar-refractivity contribution in [2.24, 2.45) is 58.2 Å². The molecule has 254 valence electrons. The number of fused-ring (bicyclic) bond motifs is 7. The average Bonchev–Trinajstić information content (AvgIpc) is 3.22. The third kappa shape index (κ3) is 4.57. The minimum absolute atomic E-state index is 0.136. The van der Waals surface area contributed by atoms with Crippen LogP contribution in [0.2, 0.25) is 0 Å². The van der Waals surface area contributed by atoms with Crippen molar-refractivity contribution in [3.05, 3.63) is 35.5 Å². The van der Waals surface area contributed by atoms with Crippen LogP contribution in [-0.2, 0) is 28.8 Å². The molecule has 46 heavy (non-hydrogen) atoms. The maximum atomic E-state index is 11.2. The molecule has 15 atom stereocenters.